The number of carbonyl (C=O) groups excluding carboxylic acids is 2. The number of aliphatic hydroxyl groups excluding tert-OH is 2. The fourth-order valence-electron chi connectivity index (χ4n) is 5.26. The van der Waals surface area contributed by atoms with Crippen LogP contribution in [0.1, 0.15) is 23.6 Å². The van der Waals surface area contributed by atoms with Gasteiger partial charge >= 0.3 is 12.1 Å². The molecule has 0 fully saturated rings. The van der Waals surface area contributed by atoms with Gasteiger partial charge in [-0.1, -0.05) is 77.8 Å². The molecule has 5 aromatic rings. The maximum absolute atomic E-state index is 12.6. The molecule has 0 bridgehead atoms. The molecule has 0 spiro atoms. The highest BCUT2D eigenvalue weighted by molar-refractivity contribution is 7.90. The normalized spacial score (nSPS) is 13.9. The van der Waals surface area contributed by atoms with Crippen molar-refractivity contribution in [3.05, 3.63) is 118 Å². The van der Waals surface area contributed by atoms with E-state index in [0.717, 1.165) is 5.56 Å². The lowest BCUT2D eigenvalue weighted by Crippen LogP contribution is -2.43. The van der Waals surface area contributed by atoms with Gasteiger partial charge in [-0.2, -0.15) is 4.98 Å². The van der Waals surface area contributed by atoms with Gasteiger partial charge in [0.05, 0.1) is 59.0 Å². The van der Waals surface area contributed by atoms with Gasteiger partial charge in [0.1, 0.15) is 11.6 Å². The van der Waals surface area contributed by atoms with Crippen LogP contribution in [0.15, 0.2) is 96.4 Å². The minimum Gasteiger partial charge on any atom is -0.394 e. The molecule has 4 heterocycles. The van der Waals surface area contributed by atoms with Gasteiger partial charge in [-0.3, -0.25) is 20.4 Å². The third kappa shape index (κ3) is 8.48. The summed E-state index contributed by atoms with van der Waals surface area (Å²) in [6.45, 7) is 1.51. The second kappa shape index (κ2) is 15.7. The minimum atomic E-state index is -3.74. The van der Waals surface area contributed by atoms with Crippen LogP contribution < -0.4 is 25.8 Å². The third-order valence-electron chi connectivity index (χ3n) is 8.18. The van der Waals surface area contributed by atoms with Crippen molar-refractivity contribution in [2.45, 2.75) is 36.5 Å². The molecule has 0 atom stereocenters. The Labute approximate surface area is 314 Å². The summed E-state index contributed by atoms with van der Waals surface area (Å²) < 4.78 is 25.3. The van der Waals surface area contributed by atoms with Gasteiger partial charge < -0.3 is 15.5 Å². The van der Waals surface area contributed by atoms with E-state index in [1.807, 2.05) is 6.07 Å². The van der Waals surface area contributed by atoms with E-state index in [2.05, 4.69) is 35.9 Å². The summed E-state index contributed by atoms with van der Waals surface area (Å²) in [6, 6.07) is 22.0. The van der Waals surface area contributed by atoms with Crippen LogP contribution in [0, 0.1) is 0 Å². The monoisotopic (exact) mass is 777 g/mol. The zero-order chi connectivity index (χ0) is 37.8. The van der Waals surface area contributed by atoms with E-state index in [4.69, 9.17) is 23.2 Å². The van der Waals surface area contributed by atoms with Gasteiger partial charge in [-0.05, 0) is 36.8 Å². The number of halogens is 2. The van der Waals surface area contributed by atoms with Crippen molar-refractivity contribution in [1.29, 1.82) is 0 Å². The number of nitrogens with zero attached hydrogens (tertiary/aromatic N) is 6. The first-order chi connectivity index (χ1) is 25.4. The van der Waals surface area contributed by atoms with Crippen LogP contribution in [0.25, 0.3) is 0 Å². The number of hydrogen-bond donors (Lipinski definition) is 5. The van der Waals surface area contributed by atoms with Gasteiger partial charge in [0.2, 0.25) is 20.9 Å². The largest absolute Gasteiger partial charge is 0.394 e. The van der Waals surface area contributed by atoms with Crippen molar-refractivity contribution in [1.82, 2.24) is 19.9 Å². The van der Waals surface area contributed by atoms with Crippen molar-refractivity contribution in [2.75, 3.05) is 39.0 Å². The molecule has 4 amide bonds. The number of nitrogens with one attached hydrogen (secondary N) is 3. The Bertz CT molecular complexity index is 2260. The fraction of sp³-hybridized carbons (Fsp3) is 0.200. The topological polar surface area (TPSA) is 203 Å². The number of aromatic nitrogens is 4. The molecule has 0 saturated heterocycles. The van der Waals surface area contributed by atoms with Crippen molar-refractivity contribution in [3.63, 3.8) is 0 Å². The van der Waals surface area contributed by atoms with Crippen LogP contribution in [0.4, 0.5) is 38.5 Å². The first-order valence-electron chi connectivity index (χ1n) is 16.0. The summed E-state index contributed by atoms with van der Waals surface area (Å²) in [4.78, 5) is 44.4. The molecule has 3 aromatic carbocycles. The van der Waals surface area contributed by atoms with Crippen LogP contribution in [0.2, 0.25) is 10.0 Å². The molecule has 5 N–H and O–H groups in total. The van der Waals surface area contributed by atoms with Crippen LogP contribution in [-0.2, 0) is 28.7 Å². The maximum atomic E-state index is 12.6. The standard InChI is InChI=1S/C19H15ClN4O3S.C16H18ClN5O3/c20-15-8-4-5-9-16(15)24-11-14-10-21-18(22-17(14)23-19(24)25)28(26,27)12-13-6-2-1-3-7-13;1-16(8-23,9-24)21-14-18-6-10-7-22(15(25)20-13(10)19-14)12-5-3-2-4-11(12)17/h1-10H,11-12H2,(H,21,22,23,25);2-6,23-24H,7-9H2,1H3,(H2,18,19,20,21,25). The molecule has 7 rings (SSSR count). The molecule has 0 saturated carbocycles. The van der Waals surface area contributed by atoms with Crippen molar-refractivity contribution < 1.29 is 28.2 Å². The zero-order valence-electron chi connectivity index (χ0n) is 28.1. The lowest BCUT2D eigenvalue weighted by molar-refractivity contribution is 0.147. The first kappa shape index (κ1) is 37.4. The average molecular weight is 779 g/mol. The predicted octanol–water partition coefficient (Wildman–Crippen LogP) is 5.49. The SMILES string of the molecule is CC(CO)(CO)Nc1ncc2c(n1)NC(=O)N(c1ccccc1Cl)C2.O=C1Nc2nc(S(=O)(=O)Cc3ccccc3)ncc2CN1c1ccccc1Cl. The van der Waals surface area contributed by atoms with Gasteiger partial charge in [-0.25, -0.2) is 33.0 Å². The van der Waals surface area contributed by atoms with Crippen LogP contribution in [0.5, 0.6) is 0 Å². The summed E-state index contributed by atoms with van der Waals surface area (Å²) in [7, 11) is -3.74. The Morgan fingerprint density at radius 3 is 1.77 bits per heavy atom. The number of para-hydroxylation sites is 2. The molecule has 2 aliphatic rings. The number of amides is 4. The molecular weight excluding hydrogens is 745 g/mol. The summed E-state index contributed by atoms with van der Waals surface area (Å²) in [6.07, 6.45) is 3.01. The second-order valence-electron chi connectivity index (χ2n) is 12.3. The number of sulfone groups is 1. The lowest BCUT2D eigenvalue weighted by atomic mass is 10.1. The molecule has 2 aliphatic heterocycles. The van der Waals surface area contributed by atoms with E-state index in [-0.39, 0.29) is 55.0 Å². The summed E-state index contributed by atoms with van der Waals surface area (Å²) in [5.74, 6) is 0.557. The molecule has 0 aliphatic carbocycles. The van der Waals surface area contributed by atoms with E-state index < -0.39 is 21.4 Å². The van der Waals surface area contributed by atoms with E-state index in [1.54, 1.807) is 85.9 Å². The highest BCUT2D eigenvalue weighted by atomic mass is 35.5. The highest BCUT2D eigenvalue weighted by Crippen LogP contribution is 2.33. The number of aliphatic hydroxyl groups is 2. The Morgan fingerprint density at radius 2 is 1.25 bits per heavy atom. The number of hydrogen-bond acceptors (Lipinski definition) is 11. The van der Waals surface area contributed by atoms with Gasteiger partial charge in [0, 0.05) is 23.5 Å². The van der Waals surface area contributed by atoms with Crippen molar-refractivity contribution in [3.8, 4) is 0 Å². The maximum Gasteiger partial charge on any atom is 0.327 e. The molecule has 53 heavy (non-hydrogen) atoms. The molecular formula is C35H33Cl2N9O6S. The molecule has 0 unspecified atom stereocenters. The molecule has 274 valence electrons. The van der Waals surface area contributed by atoms with E-state index in [1.165, 1.54) is 16.0 Å². The molecule has 15 nitrogen and oxygen atoms in total. The molecule has 0 radical (unpaired) electrons. The number of carbonyl (C=O) groups is 2. The fourth-order valence-corrected chi connectivity index (χ4v) is 6.94. The summed E-state index contributed by atoms with van der Waals surface area (Å²) in [5, 5.41) is 27.5. The van der Waals surface area contributed by atoms with E-state index >= 15 is 0 Å². The van der Waals surface area contributed by atoms with Crippen LogP contribution in [0.3, 0.4) is 0 Å². The number of urea groups is 2. The summed E-state index contributed by atoms with van der Waals surface area (Å²) >= 11 is 12.3. The number of fused-ring (bicyclic) bond motifs is 2. The smallest absolute Gasteiger partial charge is 0.327 e. The molecule has 2 aromatic heterocycles. The Kier molecular flexibility index (Phi) is 11.1. The van der Waals surface area contributed by atoms with E-state index in [9.17, 15) is 28.2 Å². The van der Waals surface area contributed by atoms with Crippen LogP contribution >= 0.6 is 23.2 Å². The number of benzene rings is 3. The van der Waals surface area contributed by atoms with Crippen molar-refractivity contribution in [2.24, 2.45) is 0 Å². The van der Waals surface area contributed by atoms with Gasteiger partial charge in [0.15, 0.2) is 0 Å². The van der Waals surface area contributed by atoms with E-state index in [0.29, 0.717) is 38.4 Å². The van der Waals surface area contributed by atoms with Gasteiger partial charge in [0.25, 0.3) is 0 Å². The first-order valence-corrected chi connectivity index (χ1v) is 18.4. The minimum absolute atomic E-state index is 0.184. The lowest BCUT2D eigenvalue weighted by Gasteiger charge is -2.30. The summed E-state index contributed by atoms with van der Waals surface area (Å²) in [5.41, 5.74) is 2.14. The Balaban J connectivity index is 0.000000183. The second-order valence-corrected chi connectivity index (χ2v) is 15.0. The number of anilines is 5. The Morgan fingerprint density at radius 1 is 0.755 bits per heavy atom. The Hall–Kier alpha value is -5.39. The third-order valence-corrected chi connectivity index (χ3v) is 10.3. The average Bonchev–Trinajstić information content (AvgIpc) is 3.15. The molecule has 18 heteroatoms. The van der Waals surface area contributed by atoms with Gasteiger partial charge in [-0.15, -0.1) is 0 Å². The van der Waals surface area contributed by atoms with Crippen LogP contribution in [-0.4, -0.2) is 69.4 Å². The highest BCUT2D eigenvalue weighted by Gasteiger charge is 2.30. The quantitative estimate of drug-likeness (QED) is 0.118. The van der Waals surface area contributed by atoms with Crippen molar-refractivity contribution >= 4 is 74.1 Å². The predicted molar refractivity (Wildman–Crippen MR) is 201 cm³/mol. The zero-order valence-corrected chi connectivity index (χ0v) is 30.4. The number of rotatable bonds is 9.